The van der Waals surface area contributed by atoms with Gasteiger partial charge in [0, 0.05) is 5.33 Å². The zero-order chi connectivity index (χ0) is 12.5. The fourth-order valence-electron chi connectivity index (χ4n) is 2.44. The molecule has 17 heavy (non-hydrogen) atoms. The highest BCUT2D eigenvalue weighted by Crippen LogP contribution is 2.34. The largest absolute Gasteiger partial charge is 0.229 e. The lowest BCUT2D eigenvalue weighted by atomic mass is 9.87. The molecule has 1 saturated heterocycles. The molecule has 1 aromatic rings. The van der Waals surface area contributed by atoms with E-state index < -0.39 is 9.84 Å². The monoisotopic (exact) mass is 316 g/mol. The maximum atomic E-state index is 11.5. The summed E-state index contributed by atoms with van der Waals surface area (Å²) < 4.78 is 23.1. The normalized spacial score (nSPS) is 24.7. The highest BCUT2D eigenvalue weighted by molar-refractivity contribution is 9.09. The Kier molecular flexibility index (Phi) is 3.93. The van der Waals surface area contributed by atoms with Crippen molar-refractivity contribution in [2.45, 2.75) is 19.3 Å². The van der Waals surface area contributed by atoms with Crippen LogP contribution < -0.4 is 0 Å². The van der Waals surface area contributed by atoms with Crippen molar-refractivity contribution >= 4 is 25.8 Å². The minimum atomic E-state index is -2.79. The molecule has 0 saturated carbocycles. The molecule has 0 N–H and O–H groups in total. The van der Waals surface area contributed by atoms with Crippen LogP contribution in [0.2, 0.25) is 0 Å². The van der Waals surface area contributed by atoms with Gasteiger partial charge in [-0.05, 0) is 30.7 Å². The standard InChI is InChI=1S/C13H17BrO2S/c1-10-2-4-11(5-3-10)13(8-14)12-6-7-17(15,16)9-12/h2-5,12-13H,6-9H2,1H3. The molecule has 1 aromatic carbocycles. The maximum Gasteiger partial charge on any atom is 0.150 e. The van der Waals surface area contributed by atoms with E-state index >= 15 is 0 Å². The minimum absolute atomic E-state index is 0.266. The van der Waals surface area contributed by atoms with Gasteiger partial charge in [-0.3, -0.25) is 0 Å². The summed E-state index contributed by atoms with van der Waals surface area (Å²) in [6.07, 6.45) is 0.798. The Morgan fingerprint density at radius 3 is 2.47 bits per heavy atom. The number of hydrogen-bond donors (Lipinski definition) is 0. The summed E-state index contributed by atoms with van der Waals surface area (Å²) in [6, 6.07) is 8.42. The van der Waals surface area contributed by atoms with Gasteiger partial charge in [-0.2, -0.15) is 0 Å². The number of sulfone groups is 1. The van der Waals surface area contributed by atoms with Crippen LogP contribution in [0.25, 0.3) is 0 Å². The number of halogens is 1. The van der Waals surface area contributed by atoms with Crippen LogP contribution >= 0.6 is 15.9 Å². The van der Waals surface area contributed by atoms with Gasteiger partial charge >= 0.3 is 0 Å². The zero-order valence-corrected chi connectivity index (χ0v) is 12.3. The summed E-state index contributed by atoms with van der Waals surface area (Å²) in [5, 5.41) is 0.830. The van der Waals surface area contributed by atoms with Crippen molar-refractivity contribution in [1.29, 1.82) is 0 Å². The Morgan fingerprint density at radius 2 is 2.00 bits per heavy atom. The van der Waals surface area contributed by atoms with Crippen LogP contribution in [0.15, 0.2) is 24.3 Å². The lowest BCUT2D eigenvalue weighted by molar-refractivity contribution is 0.505. The third-order valence-corrected chi connectivity index (χ3v) is 6.00. The highest BCUT2D eigenvalue weighted by Gasteiger charge is 2.33. The van der Waals surface area contributed by atoms with Crippen LogP contribution in [0.1, 0.15) is 23.5 Å². The van der Waals surface area contributed by atoms with Crippen LogP contribution in [0, 0.1) is 12.8 Å². The predicted octanol–water partition coefficient (Wildman–Crippen LogP) is 2.91. The Labute approximate surface area is 111 Å². The second-order valence-corrected chi connectivity index (χ2v) is 7.71. The molecule has 1 aliphatic heterocycles. The Morgan fingerprint density at radius 1 is 1.35 bits per heavy atom. The fraction of sp³-hybridized carbons (Fsp3) is 0.538. The zero-order valence-electron chi connectivity index (χ0n) is 9.90. The molecular formula is C13H17BrO2S. The molecule has 1 aliphatic rings. The van der Waals surface area contributed by atoms with E-state index in [9.17, 15) is 8.42 Å². The summed E-state index contributed by atoms with van der Waals surface area (Å²) >= 11 is 3.52. The second kappa shape index (κ2) is 5.11. The van der Waals surface area contributed by atoms with E-state index in [2.05, 4.69) is 47.1 Å². The number of hydrogen-bond acceptors (Lipinski definition) is 2. The molecule has 2 rings (SSSR count). The van der Waals surface area contributed by atoms with Crippen molar-refractivity contribution in [3.63, 3.8) is 0 Å². The quantitative estimate of drug-likeness (QED) is 0.803. The van der Waals surface area contributed by atoms with Crippen molar-refractivity contribution in [2.24, 2.45) is 5.92 Å². The maximum absolute atomic E-state index is 11.5. The molecule has 2 unspecified atom stereocenters. The van der Waals surface area contributed by atoms with Gasteiger partial charge in [0.2, 0.25) is 0 Å². The summed E-state index contributed by atoms with van der Waals surface area (Å²) in [5.74, 6) is 1.28. The molecule has 0 radical (unpaired) electrons. The summed E-state index contributed by atoms with van der Waals surface area (Å²) in [5.41, 5.74) is 2.48. The molecule has 2 nitrogen and oxygen atoms in total. The average Bonchev–Trinajstić information content (AvgIpc) is 2.63. The van der Waals surface area contributed by atoms with Crippen molar-refractivity contribution in [3.8, 4) is 0 Å². The first-order valence-corrected chi connectivity index (χ1v) is 8.79. The molecule has 0 spiro atoms. The Bertz CT molecular complexity index is 479. The Balaban J connectivity index is 2.20. The van der Waals surface area contributed by atoms with E-state index in [0.717, 1.165) is 11.8 Å². The third-order valence-electron chi connectivity index (χ3n) is 3.51. The van der Waals surface area contributed by atoms with E-state index in [1.807, 2.05) is 0 Å². The lowest BCUT2D eigenvalue weighted by Crippen LogP contribution is -2.16. The van der Waals surface area contributed by atoms with Gasteiger partial charge in [0.1, 0.15) is 0 Å². The van der Waals surface area contributed by atoms with E-state index in [1.165, 1.54) is 11.1 Å². The smallest absolute Gasteiger partial charge is 0.150 e. The van der Waals surface area contributed by atoms with Crippen molar-refractivity contribution < 1.29 is 8.42 Å². The number of aryl methyl sites for hydroxylation is 1. The first-order valence-electron chi connectivity index (χ1n) is 5.85. The van der Waals surface area contributed by atoms with Crippen molar-refractivity contribution in [1.82, 2.24) is 0 Å². The fourth-order valence-corrected chi connectivity index (χ4v) is 5.22. The van der Waals surface area contributed by atoms with Crippen LogP contribution in [-0.2, 0) is 9.84 Å². The lowest BCUT2D eigenvalue weighted by Gasteiger charge is -2.20. The van der Waals surface area contributed by atoms with E-state index in [1.54, 1.807) is 0 Å². The average molecular weight is 317 g/mol. The summed E-state index contributed by atoms with van der Waals surface area (Å²) in [4.78, 5) is 0. The first kappa shape index (κ1) is 13.1. The van der Waals surface area contributed by atoms with E-state index in [0.29, 0.717) is 17.4 Å². The van der Waals surface area contributed by atoms with Gasteiger partial charge in [-0.25, -0.2) is 8.42 Å². The van der Waals surface area contributed by atoms with Crippen molar-refractivity contribution in [3.05, 3.63) is 35.4 Å². The highest BCUT2D eigenvalue weighted by atomic mass is 79.9. The molecular weight excluding hydrogens is 300 g/mol. The van der Waals surface area contributed by atoms with Gasteiger partial charge in [0.25, 0.3) is 0 Å². The number of rotatable bonds is 3. The molecule has 0 bridgehead atoms. The summed E-state index contributed by atoms with van der Waals surface area (Å²) in [7, 11) is -2.79. The molecule has 0 aromatic heterocycles. The molecule has 94 valence electrons. The van der Waals surface area contributed by atoms with E-state index in [4.69, 9.17) is 0 Å². The first-order chi connectivity index (χ1) is 8.02. The molecule has 0 amide bonds. The summed E-state index contributed by atoms with van der Waals surface area (Å²) in [6.45, 7) is 2.06. The van der Waals surface area contributed by atoms with Gasteiger partial charge in [0.15, 0.2) is 9.84 Å². The van der Waals surface area contributed by atoms with Crippen molar-refractivity contribution in [2.75, 3.05) is 16.8 Å². The number of benzene rings is 1. The SMILES string of the molecule is Cc1ccc(C(CBr)C2CCS(=O)(=O)C2)cc1. The van der Waals surface area contributed by atoms with Gasteiger partial charge in [0.05, 0.1) is 11.5 Å². The van der Waals surface area contributed by atoms with Crippen LogP contribution in [0.5, 0.6) is 0 Å². The molecule has 2 atom stereocenters. The minimum Gasteiger partial charge on any atom is -0.229 e. The topological polar surface area (TPSA) is 34.1 Å². The van der Waals surface area contributed by atoms with Gasteiger partial charge in [-0.15, -0.1) is 0 Å². The molecule has 4 heteroatoms. The second-order valence-electron chi connectivity index (χ2n) is 4.83. The molecule has 1 fully saturated rings. The molecule has 0 aliphatic carbocycles. The Hall–Kier alpha value is -0.350. The third kappa shape index (κ3) is 3.10. The van der Waals surface area contributed by atoms with Crippen LogP contribution in [0.3, 0.4) is 0 Å². The van der Waals surface area contributed by atoms with Crippen LogP contribution in [0.4, 0.5) is 0 Å². The van der Waals surface area contributed by atoms with E-state index in [-0.39, 0.29) is 5.92 Å². The number of alkyl halides is 1. The van der Waals surface area contributed by atoms with Crippen LogP contribution in [-0.4, -0.2) is 25.3 Å². The van der Waals surface area contributed by atoms with Gasteiger partial charge < -0.3 is 0 Å². The predicted molar refractivity (Wildman–Crippen MR) is 74.5 cm³/mol. The van der Waals surface area contributed by atoms with Gasteiger partial charge in [-0.1, -0.05) is 45.8 Å². The molecule has 1 heterocycles.